The van der Waals surface area contributed by atoms with Gasteiger partial charge in [-0.1, -0.05) is 0 Å². The summed E-state index contributed by atoms with van der Waals surface area (Å²) >= 11 is 0. The van der Waals surface area contributed by atoms with Crippen molar-refractivity contribution < 1.29 is 9.84 Å². The Morgan fingerprint density at radius 3 is 2.81 bits per heavy atom. The molecule has 0 saturated heterocycles. The minimum Gasteiger partial charge on any atom is -0.481 e. The Balaban J connectivity index is 2.86. The van der Waals surface area contributed by atoms with Gasteiger partial charge < -0.3 is 20.5 Å². The molecule has 1 rings (SSSR count). The van der Waals surface area contributed by atoms with E-state index >= 15 is 0 Å². The molecule has 0 aromatic carbocycles. The molecule has 16 heavy (non-hydrogen) atoms. The molecule has 0 spiro atoms. The third-order valence-corrected chi connectivity index (χ3v) is 2.21. The van der Waals surface area contributed by atoms with E-state index in [1.807, 2.05) is 11.8 Å². The fourth-order valence-corrected chi connectivity index (χ4v) is 1.39. The summed E-state index contributed by atoms with van der Waals surface area (Å²) in [5.41, 5.74) is 5.58. The molecule has 0 saturated carbocycles. The number of rotatable bonds is 6. The van der Waals surface area contributed by atoms with Crippen LogP contribution in [0, 0.1) is 0 Å². The first-order valence-electron chi connectivity index (χ1n) is 5.25. The van der Waals surface area contributed by atoms with Crippen molar-refractivity contribution in [3.8, 4) is 5.88 Å². The lowest BCUT2D eigenvalue weighted by Crippen LogP contribution is -2.26. The predicted octanol–water partition coefficient (Wildman–Crippen LogP) is 0.276. The zero-order chi connectivity index (χ0) is 12.0. The van der Waals surface area contributed by atoms with Gasteiger partial charge in [0.1, 0.15) is 5.82 Å². The zero-order valence-corrected chi connectivity index (χ0v) is 9.68. The van der Waals surface area contributed by atoms with Crippen molar-refractivity contribution in [2.75, 3.05) is 37.4 Å². The van der Waals surface area contributed by atoms with Crippen molar-refractivity contribution in [1.29, 1.82) is 0 Å². The Hall–Kier alpha value is -1.56. The molecule has 1 heterocycles. The SMILES string of the molecule is CCN(CCCO)c1cc(OC)nc(N)n1. The first-order chi connectivity index (χ1) is 7.71. The number of hydrogen-bond donors (Lipinski definition) is 2. The summed E-state index contributed by atoms with van der Waals surface area (Å²) in [4.78, 5) is 10.1. The van der Waals surface area contributed by atoms with E-state index in [2.05, 4.69) is 9.97 Å². The second kappa shape index (κ2) is 6.12. The van der Waals surface area contributed by atoms with Crippen LogP contribution in [-0.2, 0) is 0 Å². The number of nitrogens with zero attached hydrogens (tertiary/aromatic N) is 3. The highest BCUT2D eigenvalue weighted by atomic mass is 16.5. The molecule has 6 nitrogen and oxygen atoms in total. The van der Waals surface area contributed by atoms with Crippen LogP contribution in [0.2, 0.25) is 0 Å². The second-order valence-electron chi connectivity index (χ2n) is 3.28. The van der Waals surface area contributed by atoms with Crippen LogP contribution in [-0.4, -0.2) is 41.9 Å². The Morgan fingerprint density at radius 1 is 1.50 bits per heavy atom. The number of aliphatic hydroxyl groups is 1. The predicted molar refractivity (Wildman–Crippen MR) is 62.6 cm³/mol. The monoisotopic (exact) mass is 226 g/mol. The van der Waals surface area contributed by atoms with Gasteiger partial charge in [-0.2, -0.15) is 9.97 Å². The Morgan fingerprint density at radius 2 is 2.25 bits per heavy atom. The van der Waals surface area contributed by atoms with Gasteiger partial charge in [-0.05, 0) is 13.3 Å². The van der Waals surface area contributed by atoms with Crippen molar-refractivity contribution >= 4 is 11.8 Å². The number of aliphatic hydroxyl groups excluding tert-OH is 1. The fraction of sp³-hybridized carbons (Fsp3) is 0.600. The molecule has 0 radical (unpaired) electrons. The second-order valence-corrected chi connectivity index (χ2v) is 3.28. The summed E-state index contributed by atoms with van der Waals surface area (Å²) in [6.45, 7) is 3.70. The highest BCUT2D eigenvalue weighted by Gasteiger charge is 2.09. The molecule has 0 aliphatic heterocycles. The van der Waals surface area contributed by atoms with Gasteiger partial charge in [0.2, 0.25) is 11.8 Å². The van der Waals surface area contributed by atoms with Crippen LogP contribution in [0.4, 0.5) is 11.8 Å². The van der Waals surface area contributed by atoms with Gasteiger partial charge in [0.05, 0.1) is 7.11 Å². The molecule has 0 fully saturated rings. The molecule has 1 aromatic heterocycles. The molecule has 0 amide bonds. The average Bonchev–Trinajstić information content (AvgIpc) is 2.29. The number of hydrogen-bond acceptors (Lipinski definition) is 6. The van der Waals surface area contributed by atoms with Crippen molar-refractivity contribution in [2.24, 2.45) is 0 Å². The van der Waals surface area contributed by atoms with Crippen LogP contribution in [0.5, 0.6) is 5.88 Å². The van der Waals surface area contributed by atoms with E-state index in [1.165, 1.54) is 7.11 Å². The zero-order valence-electron chi connectivity index (χ0n) is 9.68. The topological polar surface area (TPSA) is 84.5 Å². The van der Waals surface area contributed by atoms with Gasteiger partial charge in [0.25, 0.3) is 0 Å². The Bertz CT molecular complexity index is 333. The molecule has 3 N–H and O–H groups in total. The van der Waals surface area contributed by atoms with Gasteiger partial charge in [-0.3, -0.25) is 0 Å². The van der Waals surface area contributed by atoms with E-state index in [1.54, 1.807) is 6.07 Å². The molecule has 0 aliphatic carbocycles. The largest absolute Gasteiger partial charge is 0.481 e. The quantitative estimate of drug-likeness (QED) is 0.724. The van der Waals surface area contributed by atoms with E-state index in [0.717, 1.165) is 18.9 Å². The van der Waals surface area contributed by atoms with Crippen LogP contribution in [0.1, 0.15) is 13.3 Å². The summed E-state index contributed by atoms with van der Waals surface area (Å²) in [7, 11) is 1.54. The molecule has 1 aromatic rings. The lowest BCUT2D eigenvalue weighted by Gasteiger charge is -2.21. The van der Waals surface area contributed by atoms with Crippen LogP contribution < -0.4 is 15.4 Å². The van der Waals surface area contributed by atoms with Crippen molar-refractivity contribution in [1.82, 2.24) is 9.97 Å². The Kier molecular flexibility index (Phi) is 4.78. The average molecular weight is 226 g/mol. The van der Waals surface area contributed by atoms with Crippen molar-refractivity contribution in [3.05, 3.63) is 6.07 Å². The normalized spacial score (nSPS) is 10.2. The van der Waals surface area contributed by atoms with Gasteiger partial charge in [-0.25, -0.2) is 0 Å². The third-order valence-electron chi connectivity index (χ3n) is 2.21. The molecular formula is C10H18N4O2. The van der Waals surface area contributed by atoms with Crippen LogP contribution >= 0.6 is 0 Å². The number of anilines is 2. The minimum absolute atomic E-state index is 0.161. The molecule has 0 unspecified atom stereocenters. The number of aromatic nitrogens is 2. The summed E-state index contributed by atoms with van der Waals surface area (Å²) in [5, 5.41) is 8.80. The summed E-state index contributed by atoms with van der Waals surface area (Å²) < 4.78 is 5.03. The highest BCUT2D eigenvalue weighted by Crippen LogP contribution is 2.18. The summed E-state index contributed by atoms with van der Waals surface area (Å²) in [6, 6.07) is 1.73. The molecule has 6 heteroatoms. The van der Waals surface area contributed by atoms with E-state index in [-0.39, 0.29) is 12.6 Å². The maximum atomic E-state index is 8.80. The minimum atomic E-state index is 0.161. The Labute approximate surface area is 95.1 Å². The first-order valence-corrected chi connectivity index (χ1v) is 5.25. The molecule has 90 valence electrons. The summed E-state index contributed by atoms with van der Waals surface area (Å²) in [5.74, 6) is 1.36. The van der Waals surface area contributed by atoms with E-state index < -0.39 is 0 Å². The van der Waals surface area contributed by atoms with Crippen LogP contribution in [0.25, 0.3) is 0 Å². The molecule has 0 bridgehead atoms. The van der Waals surface area contributed by atoms with E-state index in [9.17, 15) is 0 Å². The molecule has 0 aliphatic rings. The van der Waals surface area contributed by atoms with Gasteiger partial charge in [-0.15, -0.1) is 0 Å². The third kappa shape index (κ3) is 3.23. The highest BCUT2D eigenvalue weighted by molar-refractivity contribution is 5.45. The fourth-order valence-electron chi connectivity index (χ4n) is 1.39. The maximum Gasteiger partial charge on any atom is 0.225 e. The number of methoxy groups -OCH3 is 1. The summed E-state index contributed by atoms with van der Waals surface area (Å²) in [6.07, 6.45) is 0.695. The van der Waals surface area contributed by atoms with Crippen molar-refractivity contribution in [3.63, 3.8) is 0 Å². The molecular weight excluding hydrogens is 208 g/mol. The lowest BCUT2D eigenvalue weighted by molar-refractivity contribution is 0.289. The van der Waals surface area contributed by atoms with Gasteiger partial charge in [0.15, 0.2) is 0 Å². The number of nitrogens with two attached hydrogens (primary N) is 1. The first kappa shape index (κ1) is 12.5. The number of ether oxygens (including phenoxy) is 1. The van der Waals surface area contributed by atoms with E-state index in [0.29, 0.717) is 12.3 Å². The standard InChI is InChI=1S/C10H18N4O2/c1-3-14(5-4-6-15)8-7-9(16-2)13-10(11)12-8/h7,15H,3-6H2,1-2H3,(H2,11,12,13). The number of nitrogen functional groups attached to an aromatic ring is 1. The van der Waals surface area contributed by atoms with Crippen LogP contribution in [0.3, 0.4) is 0 Å². The maximum absolute atomic E-state index is 8.80. The van der Waals surface area contributed by atoms with Gasteiger partial charge >= 0.3 is 0 Å². The lowest BCUT2D eigenvalue weighted by atomic mass is 10.3. The molecule has 0 atom stereocenters. The van der Waals surface area contributed by atoms with E-state index in [4.69, 9.17) is 15.6 Å². The van der Waals surface area contributed by atoms with Crippen molar-refractivity contribution in [2.45, 2.75) is 13.3 Å². The van der Waals surface area contributed by atoms with Gasteiger partial charge in [0, 0.05) is 25.8 Å². The smallest absolute Gasteiger partial charge is 0.225 e. The van der Waals surface area contributed by atoms with Crippen LogP contribution in [0.15, 0.2) is 6.07 Å².